The van der Waals surface area contributed by atoms with Crippen LogP contribution < -0.4 is 0 Å². The lowest BCUT2D eigenvalue weighted by Gasteiger charge is -2.28. The average molecular weight is 212 g/mol. The molecular formula is C12H24N2O. The second-order valence-corrected chi connectivity index (χ2v) is 4.76. The molecule has 1 saturated heterocycles. The molecule has 1 unspecified atom stereocenters. The Hall–Kier alpha value is -0.570. The van der Waals surface area contributed by atoms with Crippen LogP contribution in [0.15, 0.2) is 0 Å². The molecule has 1 fully saturated rings. The first kappa shape index (κ1) is 12.5. The Balaban J connectivity index is 2.61. The first-order valence-electron chi connectivity index (χ1n) is 6.09. The van der Waals surface area contributed by atoms with Gasteiger partial charge in [-0.15, -0.1) is 0 Å². The van der Waals surface area contributed by atoms with Crippen molar-refractivity contribution in [2.45, 2.75) is 40.2 Å². The molecule has 1 atom stereocenters. The molecule has 0 bridgehead atoms. The maximum Gasteiger partial charge on any atom is 0.225 e. The molecule has 1 heterocycles. The highest BCUT2D eigenvalue weighted by Crippen LogP contribution is 2.13. The van der Waals surface area contributed by atoms with Gasteiger partial charge in [-0.25, -0.2) is 0 Å². The maximum absolute atomic E-state index is 12.0. The summed E-state index contributed by atoms with van der Waals surface area (Å²) >= 11 is 0. The van der Waals surface area contributed by atoms with Gasteiger partial charge in [0, 0.05) is 31.6 Å². The van der Waals surface area contributed by atoms with Crippen LogP contribution in [0, 0.1) is 5.92 Å². The second kappa shape index (κ2) is 5.50. The fourth-order valence-corrected chi connectivity index (χ4v) is 2.08. The van der Waals surface area contributed by atoms with Crippen LogP contribution in [0.3, 0.4) is 0 Å². The summed E-state index contributed by atoms with van der Waals surface area (Å²) in [6.45, 7) is 12.5. The number of amides is 1. The van der Waals surface area contributed by atoms with Crippen molar-refractivity contribution in [3.8, 4) is 0 Å². The predicted octanol–water partition coefficient (Wildman–Crippen LogP) is 1.59. The molecule has 0 aromatic carbocycles. The van der Waals surface area contributed by atoms with E-state index in [1.807, 2.05) is 13.8 Å². The normalized spacial score (nSPS) is 24.3. The third kappa shape index (κ3) is 3.20. The van der Waals surface area contributed by atoms with Gasteiger partial charge < -0.3 is 9.80 Å². The van der Waals surface area contributed by atoms with Crippen molar-refractivity contribution in [1.82, 2.24) is 9.80 Å². The summed E-state index contributed by atoms with van der Waals surface area (Å²) < 4.78 is 0. The van der Waals surface area contributed by atoms with Crippen molar-refractivity contribution in [2.24, 2.45) is 5.92 Å². The fourth-order valence-electron chi connectivity index (χ4n) is 2.08. The van der Waals surface area contributed by atoms with Gasteiger partial charge in [-0.05, 0) is 19.9 Å². The van der Waals surface area contributed by atoms with Crippen molar-refractivity contribution in [3.05, 3.63) is 0 Å². The lowest BCUT2D eigenvalue weighted by Crippen LogP contribution is -2.42. The molecule has 0 aromatic heterocycles. The van der Waals surface area contributed by atoms with Crippen molar-refractivity contribution < 1.29 is 4.79 Å². The monoisotopic (exact) mass is 212 g/mol. The van der Waals surface area contributed by atoms with Crippen molar-refractivity contribution in [2.75, 3.05) is 26.2 Å². The Morgan fingerprint density at radius 1 is 1.33 bits per heavy atom. The number of nitrogens with zero attached hydrogens (tertiary/aromatic N) is 2. The Kier molecular flexibility index (Phi) is 4.58. The SMILES string of the molecule is CCN1CCC(C)N(C(=O)C(C)C)CC1. The summed E-state index contributed by atoms with van der Waals surface area (Å²) in [4.78, 5) is 16.4. The first-order chi connectivity index (χ1) is 7.06. The molecule has 1 aliphatic heterocycles. The molecule has 0 spiro atoms. The standard InChI is InChI=1S/C12H24N2O/c1-5-13-7-6-11(4)14(9-8-13)12(15)10(2)3/h10-11H,5-9H2,1-4H3. The molecule has 1 rings (SSSR count). The van der Waals surface area contributed by atoms with Gasteiger partial charge in [0.15, 0.2) is 0 Å². The van der Waals surface area contributed by atoms with Gasteiger partial charge in [0.2, 0.25) is 5.91 Å². The zero-order chi connectivity index (χ0) is 11.4. The van der Waals surface area contributed by atoms with Gasteiger partial charge in [-0.1, -0.05) is 20.8 Å². The topological polar surface area (TPSA) is 23.6 Å². The quantitative estimate of drug-likeness (QED) is 0.694. The number of carbonyl (C=O) groups is 1. The van der Waals surface area contributed by atoms with E-state index in [1.54, 1.807) is 0 Å². The van der Waals surface area contributed by atoms with Crippen molar-refractivity contribution in [3.63, 3.8) is 0 Å². The highest BCUT2D eigenvalue weighted by molar-refractivity contribution is 5.78. The maximum atomic E-state index is 12.0. The van der Waals surface area contributed by atoms with E-state index in [-0.39, 0.29) is 5.92 Å². The minimum absolute atomic E-state index is 0.126. The van der Waals surface area contributed by atoms with Crippen LogP contribution in [0.4, 0.5) is 0 Å². The Bertz CT molecular complexity index is 216. The zero-order valence-electron chi connectivity index (χ0n) is 10.5. The molecule has 15 heavy (non-hydrogen) atoms. The van der Waals surface area contributed by atoms with Gasteiger partial charge >= 0.3 is 0 Å². The summed E-state index contributed by atoms with van der Waals surface area (Å²) in [6.07, 6.45) is 1.10. The largest absolute Gasteiger partial charge is 0.338 e. The Morgan fingerprint density at radius 2 is 2.00 bits per heavy atom. The lowest BCUT2D eigenvalue weighted by atomic mass is 10.1. The van der Waals surface area contributed by atoms with E-state index in [1.165, 1.54) is 0 Å². The summed E-state index contributed by atoms with van der Waals surface area (Å²) in [5, 5.41) is 0. The van der Waals surface area contributed by atoms with Crippen LogP contribution in [0.5, 0.6) is 0 Å². The van der Waals surface area contributed by atoms with Crippen LogP contribution in [0.1, 0.15) is 34.1 Å². The number of likely N-dealkylation sites (N-methyl/N-ethyl adjacent to an activating group) is 1. The van der Waals surface area contributed by atoms with Crippen molar-refractivity contribution in [1.29, 1.82) is 0 Å². The molecule has 88 valence electrons. The van der Waals surface area contributed by atoms with E-state index in [9.17, 15) is 4.79 Å². The summed E-state index contributed by atoms with van der Waals surface area (Å²) in [6, 6.07) is 0.399. The smallest absolute Gasteiger partial charge is 0.225 e. The minimum Gasteiger partial charge on any atom is -0.338 e. The minimum atomic E-state index is 0.126. The van der Waals surface area contributed by atoms with E-state index < -0.39 is 0 Å². The fraction of sp³-hybridized carbons (Fsp3) is 0.917. The average Bonchev–Trinajstić information content (AvgIpc) is 2.39. The Labute approximate surface area is 93.4 Å². The third-order valence-corrected chi connectivity index (χ3v) is 3.28. The molecular weight excluding hydrogens is 188 g/mol. The number of hydrogen-bond donors (Lipinski definition) is 0. The summed E-state index contributed by atoms with van der Waals surface area (Å²) in [7, 11) is 0. The van der Waals surface area contributed by atoms with E-state index in [0.29, 0.717) is 11.9 Å². The Morgan fingerprint density at radius 3 is 2.53 bits per heavy atom. The summed E-state index contributed by atoms with van der Waals surface area (Å²) in [5.74, 6) is 0.432. The molecule has 0 N–H and O–H groups in total. The molecule has 0 aromatic rings. The van der Waals surface area contributed by atoms with Gasteiger partial charge in [0.25, 0.3) is 0 Å². The van der Waals surface area contributed by atoms with Gasteiger partial charge in [-0.3, -0.25) is 4.79 Å². The van der Waals surface area contributed by atoms with E-state index >= 15 is 0 Å². The molecule has 3 nitrogen and oxygen atoms in total. The lowest BCUT2D eigenvalue weighted by molar-refractivity contribution is -0.136. The van der Waals surface area contributed by atoms with Gasteiger partial charge in [0.05, 0.1) is 0 Å². The van der Waals surface area contributed by atoms with E-state index in [4.69, 9.17) is 0 Å². The highest BCUT2D eigenvalue weighted by atomic mass is 16.2. The highest BCUT2D eigenvalue weighted by Gasteiger charge is 2.25. The number of hydrogen-bond acceptors (Lipinski definition) is 2. The van der Waals surface area contributed by atoms with E-state index in [0.717, 1.165) is 32.6 Å². The van der Waals surface area contributed by atoms with Crippen LogP contribution in [0.2, 0.25) is 0 Å². The van der Waals surface area contributed by atoms with Crippen LogP contribution in [-0.4, -0.2) is 47.9 Å². The molecule has 1 aliphatic rings. The van der Waals surface area contributed by atoms with Crippen LogP contribution in [0.25, 0.3) is 0 Å². The molecule has 0 radical (unpaired) electrons. The van der Waals surface area contributed by atoms with E-state index in [2.05, 4.69) is 23.6 Å². The molecule has 0 aliphatic carbocycles. The zero-order valence-corrected chi connectivity index (χ0v) is 10.5. The molecule has 3 heteroatoms. The van der Waals surface area contributed by atoms with Crippen LogP contribution >= 0.6 is 0 Å². The molecule has 1 amide bonds. The van der Waals surface area contributed by atoms with Crippen LogP contribution in [-0.2, 0) is 4.79 Å². The molecule has 0 saturated carbocycles. The summed E-state index contributed by atoms with van der Waals surface area (Å²) in [5.41, 5.74) is 0. The predicted molar refractivity (Wildman–Crippen MR) is 62.7 cm³/mol. The third-order valence-electron chi connectivity index (χ3n) is 3.28. The van der Waals surface area contributed by atoms with Crippen molar-refractivity contribution >= 4 is 5.91 Å². The van der Waals surface area contributed by atoms with Gasteiger partial charge in [0.1, 0.15) is 0 Å². The second-order valence-electron chi connectivity index (χ2n) is 4.76. The first-order valence-corrected chi connectivity index (χ1v) is 6.09. The number of rotatable bonds is 2. The number of carbonyl (C=O) groups excluding carboxylic acids is 1. The van der Waals surface area contributed by atoms with Gasteiger partial charge in [-0.2, -0.15) is 0 Å².